The summed E-state index contributed by atoms with van der Waals surface area (Å²) in [5.41, 5.74) is 5.47. The largest absolute Gasteiger partial charge is 0.389 e. The van der Waals surface area contributed by atoms with E-state index in [4.69, 9.17) is 15.6 Å². The van der Waals surface area contributed by atoms with Crippen molar-refractivity contribution in [2.75, 3.05) is 0 Å². The summed E-state index contributed by atoms with van der Waals surface area (Å²) in [4.78, 5) is 0. The second-order valence-electron chi connectivity index (χ2n) is 2.69. The first-order chi connectivity index (χ1) is 4.61. The number of hydrogen-bond acceptors (Lipinski definition) is 4. The van der Waals surface area contributed by atoms with E-state index in [9.17, 15) is 5.11 Å². The van der Waals surface area contributed by atoms with Crippen molar-refractivity contribution in [3.8, 4) is 0 Å². The zero-order valence-electron chi connectivity index (χ0n) is 5.90. The molecule has 0 aliphatic carbocycles. The van der Waals surface area contributed by atoms with Gasteiger partial charge in [-0.05, 0) is 6.92 Å². The van der Waals surface area contributed by atoms with Crippen molar-refractivity contribution >= 4 is 0 Å². The van der Waals surface area contributed by atoms with Crippen molar-refractivity contribution in [2.24, 2.45) is 5.73 Å². The smallest absolute Gasteiger partial charge is 0.156 e. The number of aliphatic hydroxyl groups excluding tert-OH is 2. The molecular formula is C6H13NO3. The first-order valence-electron chi connectivity index (χ1n) is 3.38. The fourth-order valence-electron chi connectivity index (χ4n) is 1.10. The van der Waals surface area contributed by atoms with Gasteiger partial charge < -0.3 is 20.7 Å². The van der Waals surface area contributed by atoms with Gasteiger partial charge in [-0.1, -0.05) is 0 Å². The van der Waals surface area contributed by atoms with Crippen molar-refractivity contribution in [3.63, 3.8) is 0 Å². The maximum atomic E-state index is 9.20. The predicted octanol–water partition coefficient (Wildman–Crippen LogP) is -1.20. The highest BCUT2D eigenvalue weighted by atomic mass is 16.6. The fourth-order valence-corrected chi connectivity index (χ4v) is 1.10. The van der Waals surface area contributed by atoms with Gasteiger partial charge in [0.1, 0.15) is 0 Å². The lowest BCUT2D eigenvalue weighted by atomic mass is 10.0. The third-order valence-corrected chi connectivity index (χ3v) is 1.77. The van der Waals surface area contributed by atoms with Gasteiger partial charge in [0, 0.05) is 12.5 Å². The van der Waals surface area contributed by atoms with Crippen molar-refractivity contribution in [3.05, 3.63) is 0 Å². The minimum atomic E-state index is -0.812. The molecule has 10 heavy (non-hydrogen) atoms. The molecule has 1 fully saturated rings. The van der Waals surface area contributed by atoms with Crippen LogP contribution in [0.4, 0.5) is 0 Å². The Balaban J connectivity index is 2.49. The summed E-state index contributed by atoms with van der Waals surface area (Å²) >= 11 is 0. The van der Waals surface area contributed by atoms with Crippen LogP contribution in [0, 0.1) is 0 Å². The third kappa shape index (κ3) is 1.46. The highest BCUT2D eigenvalue weighted by molar-refractivity contribution is 4.82. The van der Waals surface area contributed by atoms with Crippen LogP contribution in [0.5, 0.6) is 0 Å². The number of aliphatic hydroxyl groups is 2. The van der Waals surface area contributed by atoms with Crippen molar-refractivity contribution in [1.29, 1.82) is 0 Å². The Morgan fingerprint density at radius 1 is 1.50 bits per heavy atom. The molecule has 0 radical (unpaired) electrons. The zero-order valence-corrected chi connectivity index (χ0v) is 5.90. The number of hydrogen-bond donors (Lipinski definition) is 3. The molecular weight excluding hydrogens is 134 g/mol. The number of nitrogens with two attached hydrogens (primary N) is 1. The van der Waals surface area contributed by atoms with Gasteiger partial charge in [0.25, 0.3) is 0 Å². The minimum absolute atomic E-state index is 0.311. The standard InChI is InChI=1S/C6H13NO3/c1-3-6(9)4(7)2-5(8)10-3/h3-6,8-9H,2,7H2,1H3/t3-,4+,5+,6+/m0/s1. The maximum absolute atomic E-state index is 9.20. The Kier molecular flexibility index (Phi) is 2.25. The first-order valence-corrected chi connectivity index (χ1v) is 3.38. The Morgan fingerprint density at radius 3 is 2.60 bits per heavy atom. The van der Waals surface area contributed by atoms with Crippen LogP contribution in [0.25, 0.3) is 0 Å². The van der Waals surface area contributed by atoms with Crippen LogP contribution >= 0.6 is 0 Å². The second kappa shape index (κ2) is 2.84. The molecule has 4 heteroatoms. The lowest BCUT2D eigenvalue weighted by molar-refractivity contribution is -0.198. The Bertz CT molecular complexity index is 108. The van der Waals surface area contributed by atoms with Crippen molar-refractivity contribution in [2.45, 2.75) is 37.9 Å². The SMILES string of the molecule is C[C@@H]1O[C@@H](O)C[C@@H](N)[C@@H]1O. The van der Waals surface area contributed by atoms with Gasteiger partial charge in [-0.2, -0.15) is 0 Å². The monoisotopic (exact) mass is 147 g/mol. The maximum Gasteiger partial charge on any atom is 0.156 e. The Hall–Kier alpha value is -0.160. The summed E-state index contributed by atoms with van der Waals surface area (Å²) in [6.07, 6.45) is -1.51. The van der Waals surface area contributed by atoms with Crippen LogP contribution < -0.4 is 5.73 Å². The molecule has 0 amide bonds. The summed E-state index contributed by atoms with van der Waals surface area (Å²) in [6, 6.07) is -0.362. The van der Waals surface area contributed by atoms with E-state index in [0.717, 1.165) is 0 Å². The average molecular weight is 147 g/mol. The molecule has 0 saturated carbocycles. The molecule has 1 aliphatic rings. The topological polar surface area (TPSA) is 75.7 Å². The third-order valence-electron chi connectivity index (χ3n) is 1.77. The van der Waals surface area contributed by atoms with E-state index >= 15 is 0 Å². The average Bonchev–Trinajstić information content (AvgIpc) is 1.82. The molecule has 0 aromatic carbocycles. The van der Waals surface area contributed by atoms with Gasteiger partial charge >= 0.3 is 0 Å². The van der Waals surface area contributed by atoms with Gasteiger partial charge in [-0.25, -0.2) is 0 Å². The van der Waals surface area contributed by atoms with E-state index in [2.05, 4.69) is 0 Å². The summed E-state index contributed by atoms with van der Waals surface area (Å²) in [6.45, 7) is 1.69. The van der Waals surface area contributed by atoms with E-state index in [1.165, 1.54) is 0 Å². The molecule has 1 saturated heterocycles. The molecule has 0 unspecified atom stereocenters. The van der Waals surface area contributed by atoms with Gasteiger partial charge in [0.15, 0.2) is 6.29 Å². The highest BCUT2D eigenvalue weighted by Crippen LogP contribution is 2.16. The van der Waals surface area contributed by atoms with Crippen LogP contribution in [-0.2, 0) is 4.74 Å². The molecule has 0 bridgehead atoms. The lowest BCUT2D eigenvalue weighted by Gasteiger charge is -2.33. The second-order valence-corrected chi connectivity index (χ2v) is 2.69. The summed E-state index contributed by atoms with van der Waals surface area (Å²) < 4.78 is 4.89. The van der Waals surface area contributed by atoms with Gasteiger partial charge in [-0.15, -0.1) is 0 Å². The van der Waals surface area contributed by atoms with Crippen LogP contribution in [-0.4, -0.2) is 34.8 Å². The highest BCUT2D eigenvalue weighted by Gasteiger charge is 2.31. The van der Waals surface area contributed by atoms with Gasteiger partial charge in [0.2, 0.25) is 0 Å². The molecule has 4 nitrogen and oxygen atoms in total. The van der Waals surface area contributed by atoms with Crippen LogP contribution in [0.15, 0.2) is 0 Å². The van der Waals surface area contributed by atoms with Gasteiger partial charge in [0.05, 0.1) is 12.2 Å². The minimum Gasteiger partial charge on any atom is -0.389 e. The number of ether oxygens (including phenoxy) is 1. The lowest BCUT2D eigenvalue weighted by Crippen LogP contribution is -2.51. The van der Waals surface area contributed by atoms with Crippen molar-refractivity contribution in [1.82, 2.24) is 0 Å². The van der Waals surface area contributed by atoms with Crippen LogP contribution in [0.1, 0.15) is 13.3 Å². The fraction of sp³-hybridized carbons (Fsp3) is 1.00. The summed E-state index contributed by atoms with van der Waals surface area (Å²) in [7, 11) is 0. The molecule has 0 aromatic rings. The quantitative estimate of drug-likeness (QED) is 0.402. The van der Waals surface area contributed by atoms with Crippen LogP contribution in [0.2, 0.25) is 0 Å². The van der Waals surface area contributed by atoms with Crippen molar-refractivity contribution < 1.29 is 14.9 Å². The van der Waals surface area contributed by atoms with E-state index < -0.39 is 12.4 Å². The first kappa shape index (κ1) is 7.94. The van der Waals surface area contributed by atoms with E-state index in [1.807, 2.05) is 0 Å². The molecule has 4 N–H and O–H groups in total. The molecule has 60 valence electrons. The summed E-state index contributed by atoms with van der Waals surface area (Å²) in [5.74, 6) is 0. The molecule has 0 spiro atoms. The molecule has 1 aliphatic heterocycles. The van der Waals surface area contributed by atoms with E-state index in [1.54, 1.807) is 6.92 Å². The normalized spacial score (nSPS) is 49.2. The zero-order chi connectivity index (χ0) is 7.72. The molecule has 4 atom stereocenters. The molecule has 0 aromatic heterocycles. The predicted molar refractivity (Wildman–Crippen MR) is 35.2 cm³/mol. The van der Waals surface area contributed by atoms with Gasteiger partial charge in [-0.3, -0.25) is 0 Å². The van der Waals surface area contributed by atoms with Crippen LogP contribution in [0.3, 0.4) is 0 Å². The molecule has 1 heterocycles. The Labute approximate surface area is 59.6 Å². The van der Waals surface area contributed by atoms with E-state index in [0.29, 0.717) is 6.42 Å². The molecule has 1 rings (SSSR count). The summed E-state index contributed by atoms with van der Waals surface area (Å²) in [5, 5.41) is 18.2. The van der Waals surface area contributed by atoms with E-state index in [-0.39, 0.29) is 12.1 Å². The number of rotatable bonds is 0. The Morgan fingerprint density at radius 2 is 2.10 bits per heavy atom.